The van der Waals surface area contributed by atoms with Crippen molar-refractivity contribution in [3.8, 4) is 5.69 Å². The summed E-state index contributed by atoms with van der Waals surface area (Å²) in [6.07, 6.45) is 1.27. The van der Waals surface area contributed by atoms with Crippen molar-refractivity contribution in [3.05, 3.63) is 47.3 Å². The van der Waals surface area contributed by atoms with Crippen molar-refractivity contribution in [3.63, 3.8) is 0 Å². The van der Waals surface area contributed by atoms with Crippen molar-refractivity contribution in [1.29, 1.82) is 0 Å². The Morgan fingerprint density at radius 3 is 2.73 bits per heavy atom. The Kier molecular flexibility index (Phi) is 4.32. The zero-order valence-electron chi connectivity index (χ0n) is 14.1. The van der Waals surface area contributed by atoms with Gasteiger partial charge in [0.05, 0.1) is 11.4 Å². The van der Waals surface area contributed by atoms with Crippen LogP contribution in [0.4, 0.5) is 0 Å². The molecule has 2 heterocycles. The van der Waals surface area contributed by atoms with E-state index >= 15 is 0 Å². The van der Waals surface area contributed by atoms with Gasteiger partial charge in [-0.3, -0.25) is 4.90 Å². The lowest BCUT2D eigenvalue weighted by Crippen LogP contribution is -2.33. The van der Waals surface area contributed by atoms with Crippen LogP contribution in [0.1, 0.15) is 23.4 Å². The maximum atomic E-state index is 4.58. The van der Waals surface area contributed by atoms with Gasteiger partial charge in [-0.05, 0) is 64.7 Å². The fourth-order valence-electron chi connectivity index (χ4n) is 3.37. The molecule has 2 aromatic rings. The first kappa shape index (κ1) is 15.3. The minimum Gasteiger partial charge on any atom is -0.305 e. The third-order valence-corrected chi connectivity index (χ3v) is 4.59. The van der Waals surface area contributed by atoms with Crippen molar-refractivity contribution < 1.29 is 0 Å². The molecule has 1 saturated heterocycles. The first-order valence-electron chi connectivity index (χ1n) is 8.04. The minimum absolute atomic E-state index is 0.669. The molecule has 1 aromatic carbocycles. The summed E-state index contributed by atoms with van der Waals surface area (Å²) in [5.41, 5.74) is 4.75. The maximum Gasteiger partial charge on any atom is 0.0651 e. The predicted molar refractivity (Wildman–Crippen MR) is 90.4 cm³/mol. The van der Waals surface area contributed by atoms with Crippen LogP contribution >= 0.6 is 0 Å². The molecule has 1 fully saturated rings. The number of aryl methyl sites for hydroxylation is 2. The van der Waals surface area contributed by atoms with Crippen molar-refractivity contribution in [2.45, 2.75) is 32.9 Å². The lowest BCUT2D eigenvalue weighted by Gasteiger charge is -2.24. The highest BCUT2D eigenvalue weighted by molar-refractivity contribution is 5.37. The van der Waals surface area contributed by atoms with E-state index in [9.17, 15) is 0 Å². The normalized spacial score (nSPS) is 19.2. The smallest absolute Gasteiger partial charge is 0.0651 e. The molecule has 4 nitrogen and oxygen atoms in total. The van der Waals surface area contributed by atoms with Crippen LogP contribution in [0.15, 0.2) is 30.3 Å². The first-order chi connectivity index (χ1) is 10.5. The molecule has 1 aliphatic rings. The Balaban J connectivity index is 1.75. The number of benzene rings is 1. The van der Waals surface area contributed by atoms with Crippen molar-refractivity contribution >= 4 is 0 Å². The third kappa shape index (κ3) is 3.23. The zero-order valence-corrected chi connectivity index (χ0v) is 14.1. The van der Waals surface area contributed by atoms with E-state index in [1.807, 2.05) is 11.6 Å². The lowest BCUT2D eigenvalue weighted by molar-refractivity contribution is 0.234. The number of aromatic nitrogens is 2. The molecule has 0 N–H and O–H groups in total. The number of likely N-dealkylation sites (tertiary alicyclic amines) is 1. The van der Waals surface area contributed by atoms with Crippen molar-refractivity contribution in [2.24, 2.45) is 0 Å². The average Bonchev–Trinajstić information content (AvgIpc) is 3.05. The second-order valence-corrected chi connectivity index (χ2v) is 6.63. The maximum absolute atomic E-state index is 4.58. The van der Waals surface area contributed by atoms with E-state index < -0.39 is 0 Å². The van der Waals surface area contributed by atoms with Gasteiger partial charge >= 0.3 is 0 Å². The van der Waals surface area contributed by atoms with Crippen LogP contribution in [0.3, 0.4) is 0 Å². The Morgan fingerprint density at radius 2 is 2.09 bits per heavy atom. The molecule has 1 aromatic heterocycles. The van der Waals surface area contributed by atoms with E-state index in [0.717, 1.165) is 17.9 Å². The fourth-order valence-corrected chi connectivity index (χ4v) is 3.37. The molecule has 0 amide bonds. The molecule has 3 rings (SSSR count). The molecule has 1 atom stereocenters. The Morgan fingerprint density at radius 1 is 1.27 bits per heavy atom. The van der Waals surface area contributed by atoms with Gasteiger partial charge in [0.25, 0.3) is 0 Å². The molecule has 118 valence electrons. The SMILES string of the molecule is Cc1cc(C)n(-c2cccc(CN(C)C3CCN(C)C3)c2)n1. The summed E-state index contributed by atoms with van der Waals surface area (Å²) in [5.74, 6) is 0. The molecule has 1 aliphatic heterocycles. The first-order valence-corrected chi connectivity index (χ1v) is 8.04. The van der Waals surface area contributed by atoms with Crippen LogP contribution in [0, 0.1) is 13.8 Å². The Hall–Kier alpha value is -1.65. The molecule has 0 radical (unpaired) electrons. The number of hydrogen-bond donors (Lipinski definition) is 0. The molecular formula is C18H26N4. The summed E-state index contributed by atoms with van der Waals surface area (Å²) in [6.45, 7) is 7.52. The van der Waals surface area contributed by atoms with Crippen LogP contribution in [0.5, 0.6) is 0 Å². The van der Waals surface area contributed by atoms with Gasteiger partial charge in [-0.1, -0.05) is 12.1 Å². The van der Waals surface area contributed by atoms with E-state index in [1.54, 1.807) is 0 Å². The molecule has 1 unspecified atom stereocenters. The van der Waals surface area contributed by atoms with Crippen LogP contribution in [0.25, 0.3) is 5.69 Å². The lowest BCUT2D eigenvalue weighted by atomic mass is 10.1. The van der Waals surface area contributed by atoms with Crippen LogP contribution in [-0.4, -0.2) is 52.8 Å². The molecule has 4 heteroatoms. The number of hydrogen-bond acceptors (Lipinski definition) is 3. The van der Waals surface area contributed by atoms with Crippen LogP contribution < -0.4 is 0 Å². The van der Waals surface area contributed by atoms with Crippen LogP contribution in [0.2, 0.25) is 0 Å². The van der Waals surface area contributed by atoms with E-state index in [-0.39, 0.29) is 0 Å². The number of rotatable bonds is 4. The molecule has 22 heavy (non-hydrogen) atoms. The summed E-state index contributed by atoms with van der Waals surface area (Å²) in [7, 11) is 4.44. The van der Waals surface area contributed by atoms with Gasteiger partial charge in [-0.25, -0.2) is 4.68 Å². The van der Waals surface area contributed by atoms with Crippen molar-refractivity contribution in [1.82, 2.24) is 19.6 Å². The fraction of sp³-hybridized carbons (Fsp3) is 0.500. The predicted octanol–water partition coefficient (Wildman–Crippen LogP) is 2.63. The van der Waals surface area contributed by atoms with E-state index in [0.29, 0.717) is 6.04 Å². The highest BCUT2D eigenvalue weighted by Crippen LogP contribution is 2.18. The van der Waals surface area contributed by atoms with Gasteiger partial charge in [0.1, 0.15) is 0 Å². The van der Waals surface area contributed by atoms with Gasteiger partial charge < -0.3 is 4.90 Å². The largest absolute Gasteiger partial charge is 0.305 e. The molecule has 0 saturated carbocycles. The second-order valence-electron chi connectivity index (χ2n) is 6.63. The van der Waals surface area contributed by atoms with Crippen LogP contribution in [-0.2, 0) is 6.54 Å². The summed E-state index contributed by atoms with van der Waals surface area (Å²) < 4.78 is 2.03. The summed E-state index contributed by atoms with van der Waals surface area (Å²) in [5, 5.41) is 4.58. The number of nitrogens with zero attached hydrogens (tertiary/aromatic N) is 4. The number of likely N-dealkylation sites (N-methyl/N-ethyl adjacent to an activating group) is 2. The molecule has 0 bridgehead atoms. The van der Waals surface area contributed by atoms with E-state index in [4.69, 9.17) is 0 Å². The standard InChI is InChI=1S/C18H26N4/c1-14-10-15(2)22(19-14)17-7-5-6-16(11-17)12-21(4)18-8-9-20(3)13-18/h5-7,10-11,18H,8-9,12-13H2,1-4H3. The average molecular weight is 298 g/mol. The second kappa shape index (κ2) is 6.23. The minimum atomic E-state index is 0.669. The van der Waals surface area contributed by atoms with Gasteiger partial charge in [-0.2, -0.15) is 5.10 Å². The van der Waals surface area contributed by atoms with Gasteiger partial charge in [0.2, 0.25) is 0 Å². The molecular weight excluding hydrogens is 272 g/mol. The monoisotopic (exact) mass is 298 g/mol. The zero-order chi connectivity index (χ0) is 15.7. The van der Waals surface area contributed by atoms with E-state index in [2.05, 4.69) is 66.2 Å². The quantitative estimate of drug-likeness (QED) is 0.867. The molecule has 0 aliphatic carbocycles. The highest BCUT2D eigenvalue weighted by atomic mass is 15.3. The Bertz CT molecular complexity index is 646. The van der Waals surface area contributed by atoms with Crippen molar-refractivity contribution in [2.75, 3.05) is 27.2 Å². The molecule has 0 spiro atoms. The van der Waals surface area contributed by atoms with Gasteiger partial charge in [-0.15, -0.1) is 0 Å². The Labute approximate surface area is 133 Å². The third-order valence-electron chi connectivity index (χ3n) is 4.59. The summed E-state index contributed by atoms with van der Waals surface area (Å²) in [6, 6.07) is 11.5. The summed E-state index contributed by atoms with van der Waals surface area (Å²) >= 11 is 0. The highest BCUT2D eigenvalue weighted by Gasteiger charge is 2.23. The topological polar surface area (TPSA) is 24.3 Å². The summed E-state index contributed by atoms with van der Waals surface area (Å²) in [4.78, 5) is 4.89. The van der Waals surface area contributed by atoms with Gasteiger partial charge in [0, 0.05) is 24.8 Å². The van der Waals surface area contributed by atoms with E-state index in [1.165, 1.54) is 30.8 Å². The van der Waals surface area contributed by atoms with Gasteiger partial charge in [0.15, 0.2) is 0 Å².